The van der Waals surface area contributed by atoms with Gasteiger partial charge in [-0.15, -0.1) is 11.3 Å². The van der Waals surface area contributed by atoms with Gasteiger partial charge in [-0.3, -0.25) is 0 Å². The first-order chi connectivity index (χ1) is 13.5. The number of nitrogens with one attached hydrogen (secondary N) is 1. The van der Waals surface area contributed by atoms with E-state index in [9.17, 15) is 9.65 Å². The van der Waals surface area contributed by atoms with Crippen LogP contribution < -0.4 is 14.8 Å². The minimum absolute atomic E-state index is 0.304. The molecule has 0 saturated carbocycles. The molecule has 0 aliphatic heterocycles. The van der Waals surface area contributed by atoms with E-state index in [2.05, 4.69) is 16.4 Å². The van der Waals surface area contributed by atoms with E-state index in [1.807, 2.05) is 23.6 Å². The van der Waals surface area contributed by atoms with Gasteiger partial charge in [0.25, 0.3) is 0 Å². The third-order valence-corrected chi connectivity index (χ3v) is 4.96. The Balaban J connectivity index is 1.85. The number of aryl methyl sites for hydroxylation is 1. The highest BCUT2D eigenvalue weighted by Crippen LogP contribution is 2.33. The van der Waals surface area contributed by atoms with E-state index in [0.29, 0.717) is 33.3 Å². The Labute approximate surface area is 166 Å². The van der Waals surface area contributed by atoms with Crippen LogP contribution in [0.15, 0.2) is 48.0 Å². The van der Waals surface area contributed by atoms with Gasteiger partial charge in [0.05, 0.1) is 19.9 Å². The molecule has 0 fully saturated rings. The van der Waals surface area contributed by atoms with Crippen LogP contribution in [0.2, 0.25) is 0 Å². The monoisotopic (exact) mass is 395 g/mol. The summed E-state index contributed by atoms with van der Waals surface area (Å²) in [6.45, 7) is 1.70. The van der Waals surface area contributed by atoms with Crippen molar-refractivity contribution in [3.63, 3.8) is 0 Å². The molecule has 0 saturated heterocycles. The number of halogens is 1. The summed E-state index contributed by atoms with van der Waals surface area (Å²) in [4.78, 5) is 4.54. The molecule has 0 radical (unpaired) electrons. The normalized spacial score (nSPS) is 11.0. The van der Waals surface area contributed by atoms with Gasteiger partial charge in [0.1, 0.15) is 22.5 Å². The molecule has 28 heavy (non-hydrogen) atoms. The Morgan fingerprint density at radius 1 is 1.18 bits per heavy atom. The van der Waals surface area contributed by atoms with Gasteiger partial charge >= 0.3 is 0 Å². The van der Waals surface area contributed by atoms with Crippen LogP contribution in [0, 0.1) is 24.1 Å². The minimum atomic E-state index is -0.304. The summed E-state index contributed by atoms with van der Waals surface area (Å²) < 4.78 is 24.2. The van der Waals surface area contributed by atoms with Gasteiger partial charge in [0.15, 0.2) is 11.5 Å². The molecule has 5 nitrogen and oxygen atoms in total. The summed E-state index contributed by atoms with van der Waals surface area (Å²) in [6.07, 6.45) is 1.53. The lowest BCUT2D eigenvalue weighted by molar-refractivity contribution is 0.355. The van der Waals surface area contributed by atoms with Crippen molar-refractivity contribution >= 4 is 22.6 Å². The maximum Gasteiger partial charge on any atom is 0.161 e. The van der Waals surface area contributed by atoms with Crippen molar-refractivity contribution in [1.82, 2.24) is 4.98 Å². The third kappa shape index (κ3) is 4.13. The summed E-state index contributed by atoms with van der Waals surface area (Å²) in [6, 6.07) is 12.5. The highest BCUT2D eigenvalue weighted by Gasteiger charge is 2.12. The van der Waals surface area contributed by atoms with Crippen molar-refractivity contribution in [3.05, 3.63) is 64.4 Å². The topological polar surface area (TPSA) is 67.2 Å². The van der Waals surface area contributed by atoms with E-state index in [1.165, 1.54) is 23.6 Å². The molecule has 0 amide bonds. The van der Waals surface area contributed by atoms with Crippen LogP contribution in [-0.4, -0.2) is 19.2 Å². The van der Waals surface area contributed by atoms with Crippen molar-refractivity contribution < 1.29 is 13.9 Å². The molecule has 0 spiro atoms. The van der Waals surface area contributed by atoms with E-state index in [4.69, 9.17) is 9.47 Å². The van der Waals surface area contributed by atoms with Crippen LogP contribution in [-0.2, 0) is 0 Å². The number of thiazole rings is 1. The third-order valence-electron chi connectivity index (χ3n) is 4.09. The highest BCUT2D eigenvalue weighted by molar-refractivity contribution is 7.11. The summed E-state index contributed by atoms with van der Waals surface area (Å²) in [7, 11) is 3.15. The molecule has 3 rings (SSSR count). The van der Waals surface area contributed by atoms with Crippen molar-refractivity contribution in [2.24, 2.45) is 0 Å². The van der Waals surface area contributed by atoms with Crippen LogP contribution >= 0.6 is 11.3 Å². The predicted molar refractivity (Wildman–Crippen MR) is 109 cm³/mol. The standard InChI is InChI=1S/C21H18FN3O2S/c1-13-4-6-16(9-17(13)22)24-11-15(10-23)21-25-18(12-28-21)14-5-7-19(26-2)20(8-14)27-3/h4-9,11-12,24H,1-3H3/b15-11-. The number of hydrogen-bond donors (Lipinski definition) is 1. The van der Waals surface area contributed by atoms with E-state index in [-0.39, 0.29) is 5.82 Å². The molecule has 1 heterocycles. The highest BCUT2D eigenvalue weighted by atomic mass is 32.1. The molecule has 0 bridgehead atoms. The lowest BCUT2D eigenvalue weighted by atomic mass is 10.1. The van der Waals surface area contributed by atoms with E-state index in [0.717, 1.165) is 11.3 Å². The number of hydrogen-bond acceptors (Lipinski definition) is 6. The summed E-state index contributed by atoms with van der Waals surface area (Å²) >= 11 is 1.35. The average molecular weight is 395 g/mol. The fourth-order valence-corrected chi connectivity index (χ4v) is 3.30. The molecule has 1 aromatic heterocycles. The maximum atomic E-state index is 13.7. The summed E-state index contributed by atoms with van der Waals surface area (Å²) in [5.74, 6) is 0.935. The number of ether oxygens (including phenoxy) is 2. The number of benzene rings is 2. The van der Waals surface area contributed by atoms with Gasteiger partial charge in [-0.2, -0.15) is 5.26 Å². The average Bonchev–Trinajstić information content (AvgIpc) is 3.20. The van der Waals surface area contributed by atoms with Crippen LogP contribution in [0.3, 0.4) is 0 Å². The molecule has 3 aromatic rings. The number of rotatable bonds is 6. The Kier molecular flexibility index (Phi) is 5.92. The van der Waals surface area contributed by atoms with Crippen molar-refractivity contribution in [2.75, 3.05) is 19.5 Å². The fraction of sp³-hybridized carbons (Fsp3) is 0.143. The zero-order valence-corrected chi connectivity index (χ0v) is 16.4. The van der Waals surface area contributed by atoms with Crippen LogP contribution in [0.5, 0.6) is 11.5 Å². The first-order valence-corrected chi connectivity index (χ1v) is 9.25. The largest absolute Gasteiger partial charge is 0.493 e. The van der Waals surface area contributed by atoms with Crippen LogP contribution in [0.1, 0.15) is 10.6 Å². The number of anilines is 1. The smallest absolute Gasteiger partial charge is 0.161 e. The van der Waals surface area contributed by atoms with Crippen LogP contribution in [0.25, 0.3) is 16.8 Å². The number of aromatic nitrogens is 1. The zero-order chi connectivity index (χ0) is 20.1. The van der Waals surface area contributed by atoms with Gasteiger partial charge in [0, 0.05) is 22.8 Å². The second kappa shape index (κ2) is 8.55. The van der Waals surface area contributed by atoms with Crippen molar-refractivity contribution in [1.29, 1.82) is 5.26 Å². The lowest BCUT2D eigenvalue weighted by Crippen LogP contribution is -1.93. The molecule has 2 aromatic carbocycles. The molecule has 0 atom stereocenters. The van der Waals surface area contributed by atoms with E-state index in [1.54, 1.807) is 33.3 Å². The molecular formula is C21H18FN3O2S. The Bertz CT molecular complexity index is 1070. The summed E-state index contributed by atoms with van der Waals surface area (Å²) in [5.41, 5.74) is 3.06. The maximum absolute atomic E-state index is 13.7. The SMILES string of the molecule is COc1ccc(-c2csc(/C(C#N)=C\Nc3ccc(C)c(F)c3)n2)cc1OC. The number of nitriles is 1. The first kappa shape index (κ1) is 19.4. The van der Waals surface area contributed by atoms with Crippen molar-refractivity contribution in [3.8, 4) is 28.8 Å². The first-order valence-electron chi connectivity index (χ1n) is 8.37. The van der Waals surface area contributed by atoms with Gasteiger partial charge in [-0.1, -0.05) is 6.07 Å². The van der Waals surface area contributed by atoms with Gasteiger partial charge < -0.3 is 14.8 Å². The predicted octanol–water partition coefficient (Wildman–Crippen LogP) is 5.25. The molecule has 0 aliphatic carbocycles. The van der Waals surface area contributed by atoms with Crippen molar-refractivity contribution in [2.45, 2.75) is 6.92 Å². The zero-order valence-electron chi connectivity index (χ0n) is 15.6. The van der Waals surface area contributed by atoms with E-state index >= 15 is 0 Å². The van der Waals surface area contributed by atoms with Gasteiger partial charge in [-0.05, 0) is 42.8 Å². The fourth-order valence-electron chi connectivity index (χ4n) is 2.51. The van der Waals surface area contributed by atoms with Gasteiger partial charge in [-0.25, -0.2) is 9.37 Å². The minimum Gasteiger partial charge on any atom is -0.493 e. The van der Waals surface area contributed by atoms with Gasteiger partial charge in [0.2, 0.25) is 0 Å². The number of nitrogens with zero attached hydrogens (tertiary/aromatic N) is 2. The molecule has 7 heteroatoms. The molecule has 142 valence electrons. The molecule has 0 unspecified atom stereocenters. The second-order valence-corrected chi connectivity index (χ2v) is 6.74. The lowest BCUT2D eigenvalue weighted by Gasteiger charge is -2.08. The second-order valence-electron chi connectivity index (χ2n) is 5.89. The number of allylic oxidation sites excluding steroid dienone is 1. The Morgan fingerprint density at radius 2 is 1.96 bits per heavy atom. The Hall–Kier alpha value is -3.37. The molecule has 0 aliphatic rings. The molecule has 1 N–H and O–H groups in total. The van der Waals surface area contributed by atoms with Crippen LogP contribution in [0.4, 0.5) is 10.1 Å². The number of methoxy groups -OCH3 is 2. The van der Waals surface area contributed by atoms with E-state index < -0.39 is 0 Å². The Morgan fingerprint density at radius 3 is 2.64 bits per heavy atom. The summed E-state index contributed by atoms with van der Waals surface area (Å²) in [5, 5.41) is 14.9. The molecular weight excluding hydrogens is 377 g/mol. The quantitative estimate of drug-likeness (QED) is 0.577.